The molecule has 0 radical (unpaired) electrons. The first kappa shape index (κ1) is 17.7. The topological polar surface area (TPSA) is 86.1 Å². The Labute approximate surface area is 151 Å². The first-order chi connectivity index (χ1) is 12.5. The van der Waals surface area contributed by atoms with E-state index >= 15 is 0 Å². The van der Waals surface area contributed by atoms with Gasteiger partial charge in [0.05, 0.1) is 6.10 Å². The van der Waals surface area contributed by atoms with Crippen LogP contribution < -0.4 is 0 Å². The third-order valence-corrected chi connectivity index (χ3v) is 4.31. The maximum Gasteiger partial charge on any atom is 0.185 e. The highest BCUT2D eigenvalue weighted by molar-refractivity contribution is 6.14. The van der Waals surface area contributed by atoms with Gasteiger partial charge in [-0.3, -0.25) is 4.79 Å². The molecule has 0 aliphatic heterocycles. The number of benzene rings is 2. The number of aliphatic hydroxyl groups excluding tert-OH is 1. The summed E-state index contributed by atoms with van der Waals surface area (Å²) in [5, 5.41) is 13.7. The molecule has 1 N–H and O–H groups in total. The van der Waals surface area contributed by atoms with Gasteiger partial charge in [0.15, 0.2) is 5.78 Å². The second-order valence-corrected chi connectivity index (χ2v) is 6.42. The van der Waals surface area contributed by atoms with Crippen molar-refractivity contribution in [2.75, 3.05) is 0 Å². The SMILES string of the molecule is Cc1ccc(/C=C2\CC(O)C/C(=C\c3ccc(N=[N+]=[N-])cc3)C2=O)cc1. The highest BCUT2D eigenvalue weighted by atomic mass is 16.3. The molecule has 0 amide bonds. The molecule has 2 aromatic carbocycles. The number of hydrogen-bond donors (Lipinski definition) is 1. The van der Waals surface area contributed by atoms with E-state index in [1.165, 1.54) is 0 Å². The summed E-state index contributed by atoms with van der Waals surface area (Å²) in [5.41, 5.74) is 13.1. The van der Waals surface area contributed by atoms with E-state index in [0.29, 0.717) is 29.7 Å². The predicted molar refractivity (Wildman–Crippen MR) is 103 cm³/mol. The zero-order chi connectivity index (χ0) is 18.5. The van der Waals surface area contributed by atoms with Crippen LogP contribution in [0.15, 0.2) is 64.8 Å². The van der Waals surface area contributed by atoms with Gasteiger partial charge in [-0.1, -0.05) is 59.2 Å². The molecule has 26 heavy (non-hydrogen) atoms. The highest BCUT2D eigenvalue weighted by Crippen LogP contribution is 2.29. The van der Waals surface area contributed by atoms with Crippen LogP contribution in [0, 0.1) is 6.92 Å². The Morgan fingerprint density at radius 3 is 2.00 bits per heavy atom. The van der Waals surface area contributed by atoms with E-state index in [0.717, 1.165) is 16.7 Å². The van der Waals surface area contributed by atoms with Crippen LogP contribution in [-0.2, 0) is 4.79 Å². The van der Waals surface area contributed by atoms with E-state index in [2.05, 4.69) is 10.0 Å². The molecule has 0 heterocycles. The molecular formula is C21H19N3O2. The van der Waals surface area contributed by atoms with Crippen LogP contribution in [0.2, 0.25) is 0 Å². The third kappa shape index (κ3) is 4.28. The van der Waals surface area contributed by atoms with Gasteiger partial charge in [0.25, 0.3) is 0 Å². The van der Waals surface area contributed by atoms with Crippen molar-refractivity contribution in [2.24, 2.45) is 5.11 Å². The number of ketones is 1. The van der Waals surface area contributed by atoms with Gasteiger partial charge in [-0.2, -0.15) is 0 Å². The minimum atomic E-state index is -0.571. The van der Waals surface area contributed by atoms with E-state index in [1.807, 2.05) is 37.3 Å². The lowest BCUT2D eigenvalue weighted by atomic mass is 9.85. The van der Waals surface area contributed by atoms with Crippen molar-refractivity contribution in [2.45, 2.75) is 25.9 Å². The molecule has 5 heteroatoms. The van der Waals surface area contributed by atoms with Crippen molar-refractivity contribution in [3.05, 3.63) is 86.8 Å². The van der Waals surface area contributed by atoms with E-state index in [1.54, 1.807) is 30.3 Å². The number of carbonyl (C=O) groups excluding carboxylic acids is 1. The van der Waals surface area contributed by atoms with Gasteiger partial charge < -0.3 is 5.11 Å². The summed E-state index contributed by atoms with van der Waals surface area (Å²) in [5.74, 6) is -0.0324. The van der Waals surface area contributed by atoms with Crippen LogP contribution in [0.4, 0.5) is 5.69 Å². The summed E-state index contributed by atoms with van der Waals surface area (Å²) in [4.78, 5) is 15.5. The lowest BCUT2D eigenvalue weighted by Gasteiger charge is -2.21. The van der Waals surface area contributed by atoms with Crippen molar-refractivity contribution in [3.8, 4) is 0 Å². The van der Waals surface area contributed by atoms with Gasteiger partial charge in [0, 0.05) is 34.6 Å². The number of azide groups is 1. The highest BCUT2D eigenvalue weighted by Gasteiger charge is 2.26. The second kappa shape index (κ2) is 7.83. The van der Waals surface area contributed by atoms with Gasteiger partial charge in [-0.15, -0.1) is 0 Å². The number of aliphatic hydroxyl groups is 1. The van der Waals surface area contributed by atoms with Gasteiger partial charge in [-0.25, -0.2) is 0 Å². The van der Waals surface area contributed by atoms with Crippen LogP contribution >= 0.6 is 0 Å². The number of carbonyl (C=O) groups is 1. The number of nitrogens with zero attached hydrogens (tertiary/aromatic N) is 3. The Morgan fingerprint density at radius 2 is 1.50 bits per heavy atom. The van der Waals surface area contributed by atoms with E-state index in [-0.39, 0.29) is 5.78 Å². The number of Topliss-reactive ketones (excluding diaryl/α,β-unsaturated/α-hetero) is 1. The summed E-state index contributed by atoms with van der Waals surface area (Å²) in [6.45, 7) is 2.01. The maximum atomic E-state index is 12.8. The molecule has 1 fully saturated rings. The van der Waals surface area contributed by atoms with Gasteiger partial charge in [0.2, 0.25) is 0 Å². The molecule has 5 nitrogen and oxygen atoms in total. The van der Waals surface area contributed by atoms with E-state index in [4.69, 9.17) is 5.53 Å². The Morgan fingerprint density at radius 1 is 1.00 bits per heavy atom. The molecule has 130 valence electrons. The minimum absolute atomic E-state index is 0.0324. The normalized spacial score (nSPS) is 20.2. The van der Waals surface area contributed by atoms with E-state index < -0.39 is 6.10 Å². The lowest BCUT2D eigenvalue weighted by Crippen LogP contribution is -2.23. The number of rotatable bonds is 3. The maximum absolute atomic E-state index is 12.8. The zero-order valence-electron chi connectivity index (χ0n) is 14.5. The Balaban J connectivity index is 1.88. The van der Waals surface area contributed by atoms with Crippen molar-refractivity contribution in [1.29, 1.82) is 0 Å². The molecule has 2 aromatic rings. The van der Waals surface area contributed by atoms with Crippen LogP contribution in [-0.4, -0.2) is 17.0 Å². The summed E-state index contributed by atoms with van der Waals surface area (Å²) < 4.78 is 0. The molecule has 0 saturated heterocycles. The van der Waals surface area contributed by atoms with Crippen LogP contribution in [0.1, 0.15) is 29.5 Å². The fourth-order valence-corrected chi connectivity index (χ4v) is 2.97. The largest absolute Gasteiger partial charge is 0.392 e. The zero-order valence-corrected chi connectivity index (χ0v) is 14.5. The lowest BCUT2D eigenvalue weighted by molar-refractivity contribution is -0.113. The van der Waals surface area contributed by atoms with Crippen LogP contribution in [0.25, 0.3) is 22.6 Å². The van der Waals surface area contributed by atoms with Crippen LogP contribution in [0.3, 0.4) is 0 Å². The quantitative estimate of drug-likeness (QED) is 0.362. The number of hydrogen-bond acceptors (Lipinski definition) is 3. The predicted octanol–water partition coefficient (Wildman–Crippen LogP) is 5.13. The molecule has 1 atom stereocenters. The fourth-order valence-electron chi connectivity index (χ4n) is 2.97. The fraction of sp³-hybridized carbons (Fsp3) is 0.190. The van der Waals surface area contributed by atoms with Gasteiger partial charge in [-0.05, 0) is 35.7 Å². The van der Waals surface area contributed by atoms with Gasteiger partial charge in [0.1, 0.15) is 0 Å². The molecule has 1 unspecified atom stereocenters. The monoisotopic (exact) mass is 345 g/mol. The molecular weight excluding hydrogens is 326 g/mol. The summed E-state index contributed by atoms with van der Waals surface area (Å²) in [7, 11) is 0. The first-order valence-corrected chi connectivity index (χ1v) is 8.41. The average molecular weight is 345 g/mol. The first-order valence-electron chi connectivity index (χ1n) is 8.41. The molecule has 1 saturated carbocycles. The Hall–Kier alpha value is -3.14. The van der Waals surface area contributed by atoms with Gasteiger partial charge >= 0.3 is 0 Å². The Kier molecular flexibility index (Phi) is 5.32. The smallest absolute Gasteiger partial charge is 0.185 e. The Bertz CT molecular complexity index is 919. The average Bonchev–Trinajstić information content (AvgIpc) is 2.63. The second-order valence-electron chi connectivity index (χ2n) is 6.42. The third-order valence-electron chi connectivity index (χ3n) is 4.31. The number of aryl methyl sites for hydroxylation is 1. The van der Waals surface area contributed by atoms with Crippen molar-refractivity contribution < 1.29 is 9.90 Å². The van der Waals surface area contributed by atoms with Crippen molar-refractivity contribution in [3.63, 3.8) is 0 Å². The molecule has 0 aromatic heterocycles. The summed E-state index contributed by atoms with van der Waals surface area (Å²) >= 11 is 0. The van der Waals surface area contributed by atoms with Crippen molar-refractivity contribution in [1.82, 2.24) is 0 Å². The molecule has 0 spiro atoms. The summed E-state index contributed by atoms with van der Waals surface area (Å²) in [6.07, 6.45) is 3.76. The minimum Gasteiger partial charge on any atom is -0.392 e. The molecule has 1 aliphatic rings. The molecule has 3 rings (SSSR count). The summed E-state index contributed by atoms with van der Waals surface area (Å²) in [6, 6.07) is 14.9. The molecule has 0 bridgehead atoms. The van der Waals surface area contributed by atoms with E-state index in [9.17, 15) is 9.90 Å². The standard InChI is InChI=1S/C21H19N3O2/c1-14-2-4-15(5-3-14)10-17-12-20(25)13-18(21(17)26)11-16-6-8-19(9-7-16)23-24-22/h2-11,20,25H,12-13H2,1H3/b17-10+,18-11+. The van der Waals surface area contributed by atoms with Crippen LogP contribution in [0.5, 0.6) is 0 Å². The van der Waals surface area contributed by atoms with Crippen molar-refractivity contribution >= 4 is 23.6 Å². The molecule has 1 aliphatic carbocycles.